The van der Waals surface area contributed by atoms with Crippen molar-refractivity contribution in [3.8, 4) is 0 Å². The molecule has 0 radical (unpaired) electrons. The lowest BCUT2D eigenvalue weighted by Crippen LogP contribution is -2.51. The molecule has 2 aliphatic carbocycles. The van der Waals surface area contributed by atoms with E-state index in [0.717, 1.165) is 44.4 Å². The van der Waals surface area contributed by atoms with Crippen LogP contribution in [-0.2, 0) is 4.43 Å². The molecule has 6 unspecified atom stereocenters. The molecular formula is C30H55N5O5Si. The van der Waals surface area contributed by atoms with Gasteiger partial charge in [0.15, 0.2) is 8.32 Å². The van der Waals surface area contributed by atoms with Crippen LogP contribution in [0.25, 0.3) is 0 Å². The fourth-order valence-corrected chi connectivity index (χ4v) is 8.20. The van der Waals surface area contributed by atoms with Crippen LogP contribution in [0.15, 0.2) is 9.98 Å². The fourth-order valence-electron chi connectivity index (χ4n) is 7.45. The number of hydrogen-bond donors (Lipinski definition) is 1. The van der Waals surface area contributed by atoms with Gasteiger partial charge < -0.3 is 9.74 Å². The second-order valence-electron chi connectivity index (χ2n) is 14.4. The van der Waals surface area contributed by atoms with Crippen LogP contribution in [0.5, 0.6) is 0 Å². The monoisotopic (exact) mass is 593 g/mol. The zero-order valence-corrected chi connectivity index (χ0v) is 27.7. The van der Waals surface area contributed by atoms with Gasteiger partial charge in [-0.15, -0.1) is 0 Å². The van der Waals surface area contributed by atoms with Gasteiger partial charge in [-0.2, -0.15) is 0 Å². The van der Waals surface area contributed by atoms with Crippen LogP contribution in [-0.4, -0.2) is 72.4 Å². The van der Waals surface area contributed by atoms with Gasteiger partial charge in [0.1, 0.15) is 0 Å². The molecule has 0 amide bonds. The van der Waals surface area contributed by atoms with E-state index < -0.39 is 20.4 Å². The number of aliphatic imine (C=N–C) groups is 2. The summed E-state index contributed by atoms with van der Waals surface area (Å²) < 4.78 is 6.15. The maximum Gasteiger partial charge on any atom is 0.213 e. The van der Waals surface area contributed by atoms with Crippen molar-refractivity contribution in [1.82, 2.24) is 5.32 Å². The van der Waals surface area contributed by atoms with Crippen molar-refractivity contribution < 1.29 is 14.3 Å². The molecule has 0 aromatic carbocycles. The van der Waals surface area contributed by atoms with Crippen LogP contribution in [0.2, 0.25) is 19.6 Å². The van der Waals surface area contributed by atoms with E-state index in [9.17, 15) is 20.2 Å². The average molecular weight is 594 g/mol. The normalized spacial score (nSPS) is 37.6. The van der Waals surface area contributed by atoms with Crippen LogP contribution in [0.3, 0.4) is 0 Å². The maximum atomic E-state index is 11.5. The summed E-state index contributed by atoms with van der Waals surface area (Å²) in [7, 11) is -1.59. The molecule has 234 valence electrons. The molecule has 10 nitrogen and oxygen atoms in total. The molecule has 0 aromatic rings. The zero-order chi connectivity index (χ0) is 30.5. The van der Waals surface area contributed by atoms with Crippen molar-refractivity contribution in [3.05, 3.63) is 20.2 Å². The van der Waals surface area contributed by atoms with E-state index in [0.29, 0.717) is 25.7 Å². The zero-order valence-electron chi connectivity index (χ0n) is 26.7. The molecule has 0 spiro atoms. The van der Waals surface area contributed by atoms with E-state index in [2.05, 4.69) is 59.6 Å². The molecule has 6 atom stereocenters. The predicted molar refractivity (Wildman–Crippen MR) is 168 cm³/mol. The summed E-state index contributed by atoms with van der Waals surface area (Å²) >= 11 is 0. The highest BCUT2D eigenvalue weighted by Gasteiger charge is 2.40. The topological polar surface area (TPSA) is 132 Å². The Labute approximate surface area is 248 Å². The van der Waals surface area contributed by atoms with Crippen molar-refractivity contribution in [3.63, 3.8) is 0 Å². The van der Waals surface area contributed by atoms with Gasteiger partial charge in [0, 0.05) is 65.6 Å². The summed E-state index contributed by atoms with van der Waals surface area (Å²) in [5.41, 5.74) is 2.27. The summed E-state index contributed by atoms with van der Waals surface area (Å²) in [5, 5.41) is 26.8. The molecule has 11 heteroatoms. The van der Waals surface area contributed by atoms with E-state index in [4.69, 9.17) is 14.4 Å². The fraction of sp³-hybridized carbons (Fsp3) is 0.933. The van der Waals surface area contributed by atoms with Gasteiger partial charge >= 0.3 is 0 Å². The lowest BCUT2D eigenvalue weighted by molar-refractivity contribution is -0.529. The Kier molecular flexibility index (Phi) is 12.1. The second-order valence-corrected chi connectivity index (χ2v) is 18.9. The summed E-state index contributed by atoms with van der Waals surface area (Å²) in [5.74, 6) is 0.707. The van der Waals surface area contributed by atoms with E-state index in [1.165, 1.54) is 5.71 Å². The van der Waals surface area contributed by atoms with Gasteiger partial charge in [-0.3, -0.25) is 30.2 Å². The Morgan fingerprint density at radius 1 is 0.829 bits per heavy atom. The first-order chi connectivity index (χ1) is 19.2. The molecule has 3 rings (SSSR count). The van der Waals surface area contributed by atoms with Crippen LogP contribution < -0.4 is 5.32 Å². The number of piperidine rings is 1. The van der Waals surface area contributed by atoms with Crippen LogP contribution in [0, 0.1) is 43.9 Å². The van der Waals surface area contributed by atoms with Crippen LogP contribution >= 0.6 is 0 Å². The van der Waals surface area contributed by atoms with Gasteiger partial charge in [0.2, 0.25) is 12.1 Å². The third-order valence-corrected chi connectivity index (χ3v) is 10.6. The molecule has 0 aromatic heterocycles. The molecular weight excluding hydrogens is 538 g/mol. The minimum atomic E-state index is -1.59. The first kappa shape index (κ1) is 33.8. The third kappa shape index (κ3) is 9.64. The van der Waals surface area contributed by atoms with E-state index >= 15 is 0 Å². The molecule has 1 aliphatic heterocycles. The highest BCUT2D eigenvalue weighted by Crippen LogP contribution is 2.35. The molecule has 3 fully saturated rings. The maximum absolute atomic E-state index is 11.5. The summed E-state index contributed by atoms with van der Waals surface area (Å²) in [4.78, 5) is 33.3. The lowest BCUT2D eigenvalue weighted by Gasteiger charge is -2.37. The molecule has 41 heavy (non-hydrogen) atoms. The quantitative estimate of drug-likeness (QED) is 0.0998. The highest BCUT2D eigenvalue weighted by atomic mass is 28.4. The number of nitrogens with zero attached hydrogens (tertiary/aromatic N) is 4. The van der Waals surface area contributed by atoms with Gasteiger partial charge in [0.05, 0.1) is 12.1 Å². The molecule has 1 N–H and O–H groups in total. The molecule has 1 saturated heterocycles. The lowest BCUT2D eigenvalue weighted by atomic mass is 9.76. The predicted octanol–water partition coefficient (Wildman–Crippen LogP) is 6.19. The van der Waals surface area contributed by atoms with Gasteiger partial charge in [-0.25, -0.2) is 0 Å². The van der Waals surface area contributed by atoms with Crippen molar-refractivity contribution >= 4 is 19.7 Å². The second kappa shape index (κ2) is 14.6. The van der Waals surface area contributed by atoms with Gasteiger partial charge in [0.25, 0.3) is 0 Å². The Morgan fingerprint density at radius 2 is 1.29 bits per heavy atom. The van der Waals surface area contributed by atoms with Crippen molar-refractivity contribution in [2.75, 3.05) is 6.61 Å². The SMILES string of the molecule is CC(=NC1C(C)CC([N+](=O)[O-])CC1C)C1CCCC(C(CCCO[Si](C)(C)C)=NC2C(C)CC([N+](=O)[O-])CC2C)N1. The van der Waals surface area contributed by atoms with Crippen LogP contribution in [0.4, 0.5) is 0 Å². The Bertz CT molecular complexity index is 945. The molecule has 0 bridgehead atoms. The van der Waals surface area contributed by atoms with Gasteiger partial charge in [-0.1, -0.05) is 27.7 Å². The van der Waals surface area contributed by atoms with E-state index in [1.54, 1.807) is 0 Å². The first-order valence-electron chi connectivity index (χ1n) is 15.9. The smallest absolute Gasteiger partial charge is 0.213 e. The minimum Gasteiger partial charge on any atom is -0.418 e. The Morgan fingerprint density at radius 3 is 1.76 bits per heavy atom. The van der Waals surface area contributed by atoms with Crippen molar-refractivity contribution in [1.29, 1.82) is 0 Å². The minimum absolute atomic E-state index is 0.0922. The average Bonchev–Trinajstić information content (AvgIpc) is 2.88. The molecule has 3 aliphatic rings. The summed E-state index contributed by atoms with van der Waals surface area (Å²) in [6.45, 7) is 17.9. The van der Waals surface area contributed by atoms with Gasteiger partial charge in [-0.05, 0) is 82.3 Å². The highest BCUT2D eigenvalue weighted by molar-refractivity contribution is 6.69. The molecule has 2 saturated carbocycles. The van der Waals surface area contributed by atoms with E-state index in [-0.39, 0.29) is 57.7 Å². The summed E-state index contributed by atoms with van der Waals surface area (Å²) in [6, 6.07) is -0.421. The Balaban J connectivity index is 1.76. The van der Waals surface area contributed by atoms with Crippen molar-refractivity contribution in [2.24, 2.45) is 33.7 Å². The molecule has 1 heterocycles. The standard InChI is InChI=1S/C30H55N5O5Si/c1-19-15-24(34(36)37)16-20(2)29(19)31-23(5)26-11-9-12-27(32-26)28(13-10-14-40-41(6,7)8)33-30-21(3)17-25(35(38)39)18-22(30)4/h19-22,24-27,29-30,32H,9-18H2,1-8H3. The number of nitrogens with one attached hydrogen (secondary N) is 1. The van der Waals surface area contributed by atoms with Crippen LogP contribution in [0.1, 0.15) is 92.4 Å². The van der Waals surface area contributed by atoms with Crippen molar-refractivity contribution in [2.45, 2.75) is 148 Å². The Hall–Kier alpha value is -1.72. The summed E-state index contributed by atoms with van der Waals surface area (Å²) in [6.07, 6.45) is 7.24. The number of nitro groups is 2. The third-order valence-electron chi connectivity index (χ3n) is 9.58. The largest absolute Gasteiger partial charge is 0.418 e. The first-order valence-corrected chi connectivity index (χ1v) is 19.3. The number of rotatable bonds is 11. The van der Waals surface area contributed by atoms with E-state index in [1.807, 2.05) is 0 Å². The number of hydrogen-bond acceptors (Lipinski definition) is 8.